The van der Waals surface area contributed by atoms with Crippen molar-refractivity contribution in [1.29, 1.82) is 0 Å². The number of aliphatic hydroxyl groups is 2. The van der Waals surface area contributed by atoms with E-state index in [0.717, 1.165) is 17.2 Å². The van der Waals surface area contributed by atoms with Gasteiger partial charge in [-0.25, -0.2) is 24.5 Å². The fourth-order valence-electron chi connectivity index (χ4n) is 5.31. The topological polar surface area (TPSA) is 332 Å². The van der Waals surface area contributed by atoms with Crippen LogP contribution in [0.5, 0.6) is 0 Å². The third-order valence-electron chi connectivity index (χ3n) is 7.31. The van der Waals surface area contributed by atoms with Crippen LogP contribution < -0.4 is 21.9 Å². The molecule has 4 aromatic rings. The summed E-state index contributed by atoms with van der Waals surface area (Å²) in [5, 5.41) is 22.2. The number of hydrogen-bond donors (Lipinski definition) is 6. The van der Waals surface area contributed by atoms with Crippen LogP contribution in [-0.2, 0) is 36.7 Å². The van der Waals surface area contributed by atoms with Gasteiger partial charge in [0.05, 0.1) is 25.9 Å². The van der Waals surface area contributed by atoms with E-state index in [1.165, 1.54) is 10.9 Å². The minimum atomic E-state index is -5.31. The number of nitrogen functional groups attached to an aromatic ring is 2. The van der Waals surface area contributed by atoms with Gasteiger partial charge in [0.2, 0.25) is 5.95 Å². The SMILES string of the molecule is C.Nc1nc2c(ncn2[C@@H]2O[C@@H]3COP(=O)(O)O[C@@H]4C(O)[C@H](n5cnc6c(N)ncnc65)O[C@@H]4COP(=O)([O-])OC3[C@@H]2O)c(=O)[nH]1. The van der Waals surface area contributed by atoms with E-state index in [-0.39, 0.29) is 41.5 Å². The summed E-state index contributed by atoms with van der Waals surface area (Å²) in [6, 6.07) is 0. The number of H-pyrrole nitrogens is 1. The molecule has 0 saturated carbocycles. The van der Waals surface area contributed by atoms with Crippen molar-refractivity contribution in [3.05, 3.63) is 29.3 Å². The van der Waals surface area contributed by atoms with Crippen molar-refractivity contribution in [2.45, 2.75) is 56.5 Å². The normalized spacial score (nSPS) is 36.9. The Kier molecular flexibility index (Phi) is 8.24. The molecule has 10 atom stereocenters. The molecule has 3 aliphatic rings. The quantitative estimate of drug-likeness (QED) is 0.120. The molecule has 46 heavy (non-hydrogen) atoms. The summed E-state index contributed by atoms with van der Waals surface area (Å²) < 4.78 is 60.4. The number of ether oxygens (including phenoxy) is 2. The molecule has 4 unspecified atom stereocenters. The zero-order chi connectivity index (χ0) is 31.8. The van der Waals surface area contributed by atoms with Gasteiger partial charge in [-0.15, -0.1) is 0 Å². The maximum Gasteiger partial charge on any atom is 0.472 e. The summed E-state index contributed by atoms with van der Waals surface area (Å²) in [7, 11) is -10.4. The number of fused-ring (bicyclic) bond motifs is 4. The Morgan fingerprint density at radius 2 is 1.48 bits per heavy atom. The highest BCUT2D eigenvalue weighted by Gasteiger charge is 2.53. The lowest BCUT2D eigenvalue weighted by Crippen LogP contribution is -2.40. The molecular weight excluding hydrogens is 662 g/mol. The molecule has 3 saturated heterocycles. The summed E-state index contributed by atoms with van der Waals surface area (Å²) in [6.45, 7) is -1.74. The summed E-state index contributed by atoms with van der Waals surface area (Å²) in [4.78, 5) is 57.9. The van der Waals surface area contributed by atoms with Gasteiger partial charge in [0.15, 0.2) is 35.1 Å². The molecule has 250 valence electrons. The van der Waals surface area contributed by atoms with Crippen LogP contribution in [0.3, 0.4) is 0 Å². The van der Waals surface area contributed by atoms with Crippen LogP contribution in [-0.4, -0.2) is 104 Å². The van der Waals surface area contributed by atoms with E-state index in [1.807, 2.05) is 0 Å². The van der Waals surface area contributed by atoms with Crippen LogP contribution in [0.4, 0.5) is 11.8 Å². The first-order chi connectivity index (χ1) is 21.3. The number of aromatic amines is 1. The van der Waals surface area contributed by atoms with Gasteiger partial charge in [-0.3, -0.25) is 32.5 Å². The molecule has 8 N–H and O–H groups in total. The van der Waals surface area contributed by atoms with E-state index in [1.54, 1.807) is 0 Å². The third-order valence-corrected chi connectivity index (χ3v) is 9.26. The molecule has 0 spiro atoms. The average Bonchev–Trinajstić information content (AvgIpc) is 3.72. The largest absolute Gasteiger partial charge is 0.756 e. The molecule has 3 fully saturated rings. The summed E-state index contributed by atoms with van der Waals surface area (Å²) in [5.74, 6) is -0.248. The van der Waals surface area contributed by atoms with Crippen molar-refractivity contribution in [1.82, 2.24) is 39.0 Å². The van der Waals surface area contributed by atoms with Gasteiger partial charge in [-0.05, 0) is 0 Å². The molecule has 25 heteroatoms. The van der Waals surface area contributed by atoms with Crippen molar-refractivity contribution >= 4 is 49.7 Å². The molecule has 0 amide bonds. The number of aliphatic hydroxyl groups excluding tert-OH is 2. The second-order valence-corrected chi connectivity index (χ2v) is 12.9. The number of phosphoric acid groups is 2. The van der Waals surface area contributed by atoms with Crippen molar-refractivity contribution in [2.24, 2.45) is 0 Å². The maximum absolute atomic E-state index is 13.1. The van der Waals surface area contributed by atoms with E-state index < -0.39 is 83.5 Å². The zero-order valence-electron chi connectivity index (χ0n) is 22.4. The van der Waals surface area contributed by atoms with Crippen LogP contribution >= 0.6 is 15.6 Å². The number of rotatable bonds is 2. The predicted octanol–water partition coefficient (Wildman–Crippen LogP) is -2.34. The molecular formula is C21H27N10O13P2-. The first-order valence-corrected chi connectivity index (χ1v) is 15.9. The van der Waals surface area contributed by atoms with Gasteiger partial charge in [0.1, 0.15) is 48.5 Å². The van der Waals surface area contributed by atoms with Crippen LogP contribution in [0.1, 0.15) is 19.9 Å². The predicted molar refractivity (Wildman–Crippen MR) is 148 cm³/mol. The number of nitrogens with one attached hydrogen (secondary N) is 1. The van der Waals surface area contributed by atoms with Crippen molar-refractivity contribution in [2.75, 3.05) is 24.7 Å². The van der Waals surface area contributed by atoms with Crippen molar-refractivity contribution in [3.8, 4) is 0 Å². The fraction of sp³-hybridized carbons (Fsp3) is 0.524. The summed E-state index contributed by atoms with van der Waals surface area (Å²) in [6.07, 6.45) is -9.42. The van der Waals surface area contributed by atoms with Crippen LogP contribution in [0, 0.1) is 0 Å². The Morgan fingerprint density at radius 3 is 2.15 bits per heavy atom. The number of phosphoric ester groups is 2. The van der Waals surface area contributed by atoms with E-state index in [9.17, 15) is 33.9 Å². The second kappa shape index (κ2) is 11.7. The van der Waals surface area contributed by atoms with Crippen LogP contribution in [0.25, 0.3) is 22.3 Å². The Morgan fingerprint density at radius 1 is 0.891 bits per heavy atom. The van der Waals surface area contributed by atoms with E-state index >= 15 is 0 Å². The minimum absolute atomic E-state index is 0. The number of hydrogen-bond acceptors (Lipinski definition) is 19. The Hall–Kier alpha value is -3.44. The molecule has 0 aromatic carbocycles. The van der Waals surface area contributed by atoms with Crippen molar-refractivity contribution in [3.63, 3.8) is 0 Å². The number of anilines is 2. The monoisotopic (exact) mass is 689 g/mol. The smallest absolute Gasteiger partial charge is 0.472 e. The first-order valence-electron chi connectivity index (χ1n) is 12.9. The third kappa shape index (κ3) is 5.59. The molecule has 0 bridgehead atoms. The van der Waals surface area contributed by atoms with E-state index in [0.29, 0.717) is 0 Å². The second-order valence-electron chi connectivity index (χ2n) is 10.1. The lowest BCUT2D eigenvalue weighted by Gasteiger charge is -2.32. The van der Waals surface area contributed by atoms with E-state index in [2.05, 4.69) is 29.9 Å². The lowest BCUT2D eigenvalue weighted by atomic mass is 10.1. The van der Waals surface area contributed by atoms with Gasteiger partial charge in [-0.1, -0.05) is 7.43 Å². The molecule has 0 radical (unpaired) electrons. The zero-order valence-corrected chi connectivity index (χ0v) is 24.2. The van der Waals surface area contributed by atoms with Gasteiger partial charge >= 0.3 is 7.82 Å². The molecule has 3 aliphatic heterocycles. The fourth-order valence-corrected chi connectivity index (χ4v) is 7.22. The number of aromatic nitrogens is 8. The highest BCUT2D eigenvalue weighted by molar-refractivity contribution is 7.47. The van der Waals surface area contributed by atoms with Crippen molar-refractivity contribution < 1.29 is 56.7 Å². The minimum Gasteiger partial charge on any atom is -0.756 e. The standard InChI is InChI=1S/C20H24N10O13P2.CH4/c21-14-8-15(24-3-23-14)29(4-25-8)18-10(31)12-6(40-18)1-38-45(36,37)43-13-7(2-39-44(34,35)42-12)41-19(11(13)32)30-5-26-9-16(30)27-20(22)28-17(9)33;/h3-7,10-13,18-19,31-32H,1-2H2,(H,34,35)(H,36,37)(H2,21,23,24)(H3,22,27,28,33);1H4/p-1/t6-,7-,10?,11+,12+,13?,18-,19-;/m1./s1. The number of nitrogens with zero attached hydrogens (tertiary/aromatic N) is 7. The summed E-state index contributed by atoms with van der Waals surface area (Å²) in [5.41, 5.74) is 10.8. The number of nitrogens with two attached hydrogens (primary N) is 2. The highest BCUT2D eigenvalue weighted by atomic mass is 31.2. The van der Waals surface area contributed by atoms with Gasteiger partial charge in [0, 0.05) is 0 Å². The van der Waals surface area contributed by atoms with Crippen LogP contribution in [0.2, 0.25) is 0 Å². The molecule has 7 rings (SSSR count). The molecule has 0 aliphatic carbocycles. The highest BCUT2D eigenvalue weighted by Crippen LogP contribution is 2.52. The molecule has 4 aromatic heterocycles. The lowest BCUT2D eigenvalue weighted by molar-refractivity contribution is -0.236. The maximum atomic E-state index is 13.1. The van der Waals surface area contributed by atoms with Crippen LogP contribution in [0.15, 0.2) is 23.8 Å². The summed E-state index contributed by atoms with van der Waals surface area (Å²) >= 11 is 0. The Labute approximate surface area is 256 Å². The molecule has 7 heterocycles. The Balaban J connectivity index is 0.00000372. The van der Waals surface area contributed by atoms with Gasteiger partial charge in [0.25, 0.3) is 13.4 Å². The Bertz CT molecular complexity index is 1940. The molecule has 23 nitrogen and oxygen atoms in total. The number of imidazole rings is 2. The first kappa shape index (κ1) is 32.5. The van der Waals surface area contributed by atoms with E-state index in [4.69, 9.17) is 39.0 Å². The average molecular weight is 689 g/mol. The van der Waals surface area contributed by atoms with Gasteiger partial charge < -0.3 is 50.0 Å². The van der Waals surface area contributed by atoms with Gasteiger partial charge in [-0.2, -0.15) is 4.98 Å².